The fourth-order valence-electron chi connectivity index (χ4n) is 2.62. The van der Waals surface area contributed by atoms with E-state index in [0.717, 1.165) is 11.1 Å². The summed E-state index contributed by atoms with van der Waals surface area (Å²) in [6.45, 7) is 5.50. The van der Waals surface area contributed by atoms with Crippen LogP contribution in [0.2, 0.25) is 0 Å². The lowest BCUT2D eigenvalue weighted by atomic mass is 9.90. The average Bonchev–Trinajstić information content (AvgIpc) is 2.60. The van der Waals surface area contributed by atoms with Gasteiger partial charge < -0.3 is 11.1 Å². The van der Waals surface area contributed by atoms with Gasteiger partial charge in [-0.05, 0) is 37.1 Å². The summed E-state index contributed by atoms with van der Waals surface area (Å²) in [6, 6.07) is 15.2. The van der Waals surface area contributed by atoms with E-state index in [9.17, 15) is 14.9 Å². The number of carbonyl (C=O) groups excluding carboxylic acids is 1. The third-order valence-electron chi connectivity index (χ3n) is 4.37. The first-order valence-corrected chi connectivity index (χ1v) is 8.10. The standard InChI is InChI=1S/C19H23N3O3/c1-13(17(20)14-7-5-4-6-8-14)18(23)21-19(2,3)15-9-11-16(12-10-15)22(24)25/h4-13,17H,20H2,1-3H3,(H,21,23). The summed E-state index contributed by atoms with van der Waals surface area (Å²) >= 11 is 0. The van der Waals surface area contributed by atoms with Crippen LogP contribution in [0.15, 0.2) is 54.6 Å². The van der Waals surface area contributed by atoms with E-state index in [0.29, 0.717) is 0 Å². The Balaban J connectivity index is 2.10. The second-order valence-electron chi connectivity index (χ2n) is 6.64. The molecule has 0 aromatic heterocycles. The highest BCUT2D eigenvalue weighted by Gasteiger charge is 2.29. The number of nitrogens with two attached hydrogens (primary N) is 1. The summed E-state index contributed by atoms with van der Waals surface area (Å²) in [7, 11) is 0. The molecule has 25 heavy (non-hydrogen) atoms. The molecule has 0 aliphatic carbocycles. The molecule has 0 heterocycles. The smallest absolute Gasteiger partial charge is 0.269 e. The van der Waals surface area contributed by atoms with E-state index in [1.165, 1.54) is 12.1 Å². The Hall–Kier alpha value is -2.73. The maximum atomic E-state index is 12.6. The van der Waals surface area contributed by atoms with Crippen molar-refractivity contribution in [2.45, 2.75) is 32.4 Å². The second-order valence-corrected chi connectivity index (χ2v) is 6.64. The minimum atomic E-state index is -0.670. The van der Waals surface area contributed by atoms with Gasteiger partial charge in [0.2, 0.25) is 5.91 Å². The lowest BCUT2D eigenvalue weighted by molar-refractivity contribution is -0.384. The van der Waals surface area contributed by atoms with E-state index in [1.54, 1.807) is 19.1 Å². The van der Waals surface area contributed by atoms with Crippen molar-refractivity contribution in [3.63, 3.8) is 0 Å². The summed E-state index contributed by atoms with van der Waals surface area (Å²) in [5, 5.41) is 13.7. The van der Waals surface area contributed by atoms with Crippen molar-refractivity contribution in [2.75, 3.05) is 0 Å². The van der Waals surface area contributed by atoms with Crippen molar-refractivity contribution in [3.05, 3.63) is 75.8 Å². The van der Waals surface area contributed by atoms with Gasteiger partial charge in [-0.15, -0.1) is 0 Å². The first-order chi connectivity index (χ1) is 11.7. The van der Waals surface area contributed by atoms with E-state index < -0.39 is 22.4 Å². The van der Waals surface area contributed by atoms with Gasteiger partial charge in [0.1, 0.15) is 0 Å². The van der Waals surface area contributed by atoms with Crippen LogP contribution in [0.4, 0.5) is 5.69 Å². The Morgan fingerprint density at radius 1 is 1.12 bits per heavy atom. The quantitative estimate of drug-likeness (QED) is 0.622. The minimum absolute atomic E-state index is 0.0188. The Kier molecular flexibility index (Phi) is 5.54. The summed E-state index contributed by atoms with van der Waals surface area (Å²) in [5.41, 5.74) is 7.25. The number of hydrogen-bond acceptors (Lipinski definition) is 4. The molecular formula is C19H23N3O3. The molecule has 6 heteroatoms. The number of rotatable bonds is 6. The van der Waals surface area contributed by atoms with Crippen LogP contribution in [-0.2, 0) is 10.3 Å². The van der Waals surface area contributed by atoms with Crippen LogP contribution in [0, 0.1) is 16.0 Å². The number of nitro benzene ring substituents is 1. The molecule has 2 atom stereocenters. The average molecular weight is 341 g/mol. The summed E-state index contributed by atoms with van der Waals surface area (Å²) in [6.07, 6.45) is 0. The molecule has 0 bridgehead atoms. The van der Waals surface area contributed by atoms with Crippen molar-refractivity contribution in [1.82, 2.24) is 5.32 Å². The molecule has 2 rings (SSSR count). The van der Waals surface area contributed by atoms with Crippen LogP contribution in [0.5, 0.6) is 0 Å². The Morgan fingerprint density at radius 2 is 1.68 bits per heavy atom. The zero-order valence-corrected chi connectivity index (χ0v) is 14.6. The van der Waals surface area contributed by atoms with E-state index >= 15 is 0 Å². The van der Waals surface area contributed by atoms with Gasteiger partial charge in [-0.2, -0.15) is 0 Å². The number of nitrogens with zero attached hydrogens (tertiary/aromatic N) is 1. The van der Waals surface area contributed by atoms with Crippen molar-refractivity contribution >= 4 is 11.6 Å². The number of non-ortho nitro benzene ring substituents is 1. The van der Waals surface area contributed by atoms with E-state index in [1.807, 2.05) is 44.2 Å². The lowest BCUT2D eigenvalue weighted by Gasteiger charge is -2.30. The molecule has 0 spiro atoms. The highest BCUT2D eigenvalue weighted by atomic mass is 16.6. The number of hydrogen-bond donors (Lipinski definition) is 2. The third-order valence-corrected chi connectivity index (χ3v) is 4.37. The number of nitro groups is 1. The number of nitrogens with one attached hydrogen (secondary N) is 1. The van der Waals surface area contributed by atoms with Crippen molar-refractivity contribution in [2.24, 2.45) is 11.7 Å². The van der Waals surface area contributed by atoms with Crippen LogP contribution in [-0.4, -0.2) is 10.8 Å². The van der Waals surface area contributed by atoms with Gasteiger partial charge in [0.25, 0.3) is 5.69 Å². The van der Waals surface area contributed by atoms with Crippen LogP contribution in [0.1, 0.15) is 37.9 Å². The van der Waals surface area contributed by atoms with Crippen LogP contribution < -0.4 is 11.1 Å². The van der Waals surface area contributed by atoms with Crippen LogP contribution in [0.3, 0.4) is 0 Å². The van der Waals surface area contributed by atoms with Crippen LogP contribution >= 0.6 is 0 Å². The summed E-state index contributed by atoms with van der Waals surface area (Å²) < 4.78 is 0. The predicted molar refractivity (Wildman–Crippen MR) is 96.8 cm³/mol. The van der Waals surface area contributed by atoms with Gasteiger partial charge in [-0.1, -0.05) is 37.3 Å². The van der Waals surface area contributed by atoms with Gasteiger partial charge in [0.15, 0.2) is 0 Å². The number of carbonyl (C=O) groups is 1. The summed E-state index contributed by atoms with van der Waals surface area (Å²) in [4.78, 5) is 22.9. The molecule has 1 amide bonds. The maximum Gasteiger partial charge on any atom is 0.269 e. The van der Waals surface area contributed by atoms with E-state index in [2.05, 4.69) is 5.32 Å². The fourth-order valence-corrected chi connectivity index (χ4v) is 2.62. The maximum absolute atomic E-state index is 12.6. The zero-order valence-electron chi connectivity index (χ0n) is 14.6. The Bertz CT molecular complexity index is 742. The number of amides is 1. The first kappa shape index (κ1) is 18.6. The third kappa shape index (κ3) is 4.42. The lowest BCUT2D eigenvalue weighted by Crippen LogP contribution is -2.45. The van der Waals surface area contributed by atoms with Gasteiger partial charge in [0.05, 0.1) is 16.4 Å². The largest absolute Gasteiger partial charge is 0.347 e. The molecule has 0 radical (unpaired) electrons. The molecule has 0 saturated carbocycles. The molecule has 0 aliphatic rings. The highest BCUT2D eigenvalue weighted by molar-refractivity contribution is 5.80. The van der Waals surface area contributed by atoms with Gasteiger partial charge >= 0.3 is 0 Å². The molecule has 6 nitrogen and oxygen atoms in total. The summed E-state index contributed by atoms with van der Waals surface area (Å²) in [5.74, 6) is -0.584. The predicted octanol–water partition coefficient (Wildman–Crippen LogP) is 3.28. The molecule has 0 saturated heterocycles. The molecule has 2 aromatic carbocycles. The molecule has 2 aromatic rings. The zero-order chi connectivity index (χ0) is 18.6. The van der Waals surface area contributed by atoms with Crippen molar-refractivity contribution in [3.8, 4) is 0 Å². The first-order valence-electron chi connectivity index (χ1n) is 8.10. The second kappa shape index (κ2) is 7.44. The fraction of sp³-hybridized carbons (Fsp3) is 0.316. The van der Waals surface area contributed by atoms with E-state index in [4.69, 9.17) is 5.73 Å². The minimum Gasteiger partial charge on any atom is -0.347 e. The molecular weight excluding hydrogens is 318 g/mol. The Morgan fingerprint density at radius 3 is 2.20 bits per heavy atom. The molecule has 2 unspecified atom stereocenters. The normalized spacial score (nSPS) is 13.8. The van der Waals surface area contributed by atoms with Crippen molar-refractivity contribution < 1.29 is 9.72 Å². The number of benzene rings is 2. The SMILES string of the molecule is CC(C(=O)NC(C)(C)c1ccc([N+](=O)[O-])cc1)C(N)c1ccccc1. The van der Waals surface area contributed by atoms with E-state index in [-0.39, 0.29) is 11.6 Å². The van der Waals surface area contributed by atoms with Gasteiger partial charge in [-0.3, -0.25) is 14.9 Å². The molecule has 3 N–H and O–H groups in total. The van der Waals surface area contributed by atoms with Gasteiger partial charge in [0, 0.05) is 18.2 Å². The van der Waals surface area contributed by atoms with Crippen molar-refractivity contribution in [1.29, 1.82) is 0 Å². The van der Waals surface area contributed by atoms with Crippen LogP contribution in [0.25, 0.3) is 0 Å². The van der Waals surface area contributed by atoms with Gasteiger partial charge in [-0.25, -0.2) is 0 Å². The molecule has 0 aliphatic heterocycles. The Labute approximate surface area is 147 Å². The molecule has 0 fully saturated rings. The monoisotopic (exact) mass is 341 g/mol. The molecule has 132 valence electrons. The highest BCUT2D eigenvalue weighted by Crippen LogP contribution is 2.25. The topological polar surface area (TPSA) is 98.3 Å².